The van der Waals surface area contributed by atoms with Crippen LogP contribution in [0.1, 0.15) is 40.0 Å². The molecule has 0 aliphatic heterocycles. The van der Waals surface area contributed by atoms with Crippen LogP contribution in [0, 0.1) is 6.92 Å². The molecular weight excluding hydrogens is 238 g/mol. The second-order valence-electron chi connectivity index (χ2n) is 5.13. The summed E-state index contributed by atoms with van der Waals surface area (Å²) < 4.78 is 4.98. The molecule has 1 aromatic heterocycles. The molecule has 0 amide bonds. The number of carbonyl (C=O) groups is 1. The van der Waals surface area contributed by atoms with E-state index >= 15 is 0 Å². The summed E-state index contributed by atoms with van der Waals surface area (Å²) in [5, 5.41) is 0.924. The fourth-order valence-corrected chi connectivity index (χ4v) is 2.87. The van der Waals surface area contributed by atoms with Gasteiger partial charge in [0.15, 0.2) is 0 Å². The molecule has 2 aromatic rings. The maximum atomic E-state index is 12.2. The highest BCUT2D eigenvalue weighted by molar-refractivity contribution is 6.05. The molecule has 1 heterocycles. The number of fused-ring (bicyclic) bond motifs is 2. The Balaban J connectivity index is 2.37. The first-order valence-corrected chi connectivity index (χ1v) is 6.71. The zero-order chi connectivity index (χ0) is 13.4. The fraction of sp³-hybridized carbons (Fsp3) is 0.375. The van der Waals surface area contributed by atoms with Gasteiger partial charge in [0.05, 0.1) is 18.2 Å². The van der Waals surface area contributed by atoms with Crippen LogP contribution in [-0.4, -0.2) is 18.1 Å². The number of hydrogen-bond acceptors (Lipinski definition) is 3. The summed E-state index contributed by atoms with van der Waals surface area (Å²) in [6.07, 6.45) is 4.16. The number of pyridine rings is 1. The third-order valence-corrected chi connectivity index (χ3v) is 3.81. The lowest BCUT2D eigenvalue weighted by atomic mass is 9.89. The van der Waals surface area contributed by atoms with Crippen LogP contribution in [0.5, 0.6) is 0 Å². The van der Waals surface area contributed by atoms with E-state index in [1.54, 1.807) is 0 Å². The molecule has 1 aromatic carbocycles. The number of nitrogens with zero attached hydrogens (tertiary/aromatic N) is 1. The Morgan fingerprint density at radius 3 is 2.84 bits per heavy atom. The minimum absolute atomic E-state index is 0.240. The lowest BCUT2D eigenvalue weighted by Gasteiger charge is -2.19. The number of aryl methyl sites for hydroxylation is 2. The Bertz CT molecular complexity index is 661. The SMILES string of the molecule is COC(=O)c1c2c(nc3ccc(C)cc13)CCCC2. The van der Waals surface area contributed by atoms with E-state index in [0.29, 0.717) is 0 Å². The van der Waals surface area contributed by atoms with Crippen molar-refractivity contribution in [3.8, 4) is 0 Å². The Morgan fingerprint density at radius 1 is 1.26 bits per heavy atom. The monoisotopic (exact) mass is 255 g/mol. The first-order chi connectivity index (χ1) is 9.20. The first kappa shape index (κ1) is 12.2. The summed E-state index contributed by atoms with van der Waals surface area (Å²) in [6, 6.07) is 6.06. The molecule has 1 aliphatic rings. The van der Waals surface area contributed by atoms with E-state index < -0.39 is 0 Å². The van der Waals surface area contributed by atoms with E-state index in [0.717, 1.165) is 59.0 Å². The molecule has 0 bridgehead atoms. The van der Waals surface area contributed by atoms with Gasteiger partial charge >= 0.3 is 5.97 Å². The summed E-state index contributed by atoms with van der Waals surface area (Å²) in [5.74, 6) is -0.240. The highest BCUT2D eigenvalue weighted by Crippen LogP contribution is 2.30. The Morgan fingerprint density at radius 2 is 2.05 bits per heavy atom. The molecule has 19 heavy (non-hydrogen) atoms. The second kappa shape index (κ2) is 4.65. The molecule has 0 saturated carbocycles. The maximum Gasteiger partial charge on any atom is 0.338 e. The minimum atomic E-state index is -0.240. The Labute approximate surface area is 112 Å². The molecule has 3 heteroatoms. The second-order valence-corrected chi connectivity index (χ2v) is 5.13. The molecule has 0 radical (unpaired) electrons. The molecule has 0 N–H and O–H groups in total. The number of benzene rings is 1. The predicted molar refractivity (Wildman–Crippen MR) is 74.5 cm³/mol. The highest BCUT2D eigenvalue weighted by atomic mass is 16.5. The summed E-state index contributed by atoms with van der Waals surface area (Å²) in [5.41, 5.74) is 4.92. The van der Waals surface area contributed by atoms with Crippen molar-refractivity contribution in [1.29, 1.82) is 0 Å². The summed E-state index contributed by atoms with van der Waals surface area (Å²) in [4.78, 5) is 16.9. The van der Waals surface area contributed by atoms with Crippen LogP contribution in [0.15, 0.2) is 18.2 Å². The van der Waals surface area contributed by atoms with E-state index in [4.69, 9.17) is 9.72 Å². The molecule has 0 saturated heterocycles. The van der Waals surface area contributed by atoms with E-state index in [2.05, 4.69) is 0 Å². The van der Waals surface area contributed by atoms with E-state index in [1.165, 1.54) is 7.11 Å². The van der Waals surface area contributed by atoms with Crippen LogP contribution in [0.4, 0.5) is 0 Å². The standard InChI is InChI=1S/C16H17NO2/c1-10-7-8-14-12(9-10)15(16(18)19-2)11-5-3-4-6-13(11)17-14/h7-9H,3-6H2,1-2H3. The molecule has 3 rings (SSSR count). The highest BCUT2D eigenvalue weighted by Gasteiger charge is 2.22. The van der Waals surface area contributed by atoms with Crippen LogP contribution in [0.2, 0.25) is 0 Å². The number of carbonyl (C=O) groups excluding carboxylic acids is 1. The third kappa shape index (κ3) is 1.99. The quantitative estimate of drug-likeness (QED) is 0.734. The van der Waals surface area contributed by atoms with Crippen molar-refractivity contribution < 1.29 is 9.53 Å². The summed E-state index contributed by atoms with van der Waals surface area (Å²) in [7, 11) is 1.44. The van der Waals surface area contributed by atoms with Crippen molar-refractivity contribution >= 4 is 16.9 Å². The maximum absolute atomic E-state index is 12.2. The predicted octanol–water partition coefficient (Wildman–Crippen LogP) is 3.21. The van der Waals surface area contributed by atoms with Gasteiger partial charge in [-0.1, -0.05) is 11.6 Å². The van der Waals surface area contributed by atoms with Crippen LogP contribution >= 0.6 is 0 Å². The van der Waals surface area contributed by atoms with Crippen LogP contribution in [0.25, 0.3) is 10.9 Å². The van der Waals surface area contributed by atoms with Gasteiger partial charge in [0.25, 0.3) is 0 Å². The Kier molecular flexibility index (Phi) is 2.97. The largest absolute Gasteiger partial charge is 0.465 e. The number of ether oxygens (including phenoxy) is 1. The molecule has 3 nitrogen and oxygen atoms in total. The topological polar surface area (TPSA) is 39.2 Å². The molecule has 0 atom stereocenters. The van der Waals surface area contributed by atoms with E-state index in [-0.39, 0.29) is 5.97 Å². The van der Waals surface area contributed by atoms with Gasteiger partial charge in [-0.2, -0.15) is 0 Å². The average Bonchev–Trinajstić information content (AvgIpc) is 2.44. The lowest BCUT2D eigenvalue weighted by molar-refractivity contribution is 0.0601. The van der Waals surface area contributed by atoms with Crippen molar-refractivity contribution in [1.82, 2.24) is 4.98 Å². The number of hydrogen-bond donors (Lipinski definition) is 0. The molecule has 1 aliphatic carbocycles. The van der Waals surface area contributed by atoms with Crippen molar-refractivity contribution in [3.05, 3.63) is 40.6 Å². The number of rotatable bonds is 1. The van der Waals surface area contributed by atoms with Gasteiger partial charge in [-0.15, -0.1) is 0 Å². The van der Waals surface area contributed by atoms with Gasteiger partial charge in [-0.3, -0.25) is 4.98 Å². The zero-order valence-corrected chi connectivity index (χ0v) is 11.3. The first-order valence-electron chi connectivity index (χ1n) is 6.71. The zero-order valence-electron chi connectivity index (χ0n) is 11.3. The lowest BCUT2D eigenvalue weighted by Crippen LogP contribution is -2.14. The van der Waals surface area contributed by atoms with Crippen molar-refractivity contribution in [2.24, 2.45) is 0 Å². The summed E-state index contributed by atoms with van der Waals surface area (Å²) in [6.45, 7) is 2.03. The molecule has 0 unspecified atom stereocenters. The van der Waals surface area contributed by atoms with Gasteiger partial charge in [-0.25, -0.2) is 4.79 Å². The smallest absolute Gasteiger partial charge is 0.338 e. The van der Waals surface area contributed by atoms with Gasteiger partial charge in [0.1, 0.15) is 0 Å². The number of aromatic nitrogens is 1. The average molecular weight is 255 g/mol. The van der Waals surface area contributed by atoms with Crippen LogP contribution < -0.4 is 0 Å². The molecule has 98 valence electrons. The molecule has 0 spiro atoms. The minimum Gasteiger partial charge on any atom is -0.465 e. The van der Waals surface area contributed by atoms with Crippen LogP contribution in [0.3, 0.4) is 0 Å². The van der Waals surface area contributed by atoms with Gasteiger partial charge in [0, 0.05) is 11.1 Å². The van der Waals surface area contributed by atoms with Crippen LogP contribution in [-0.2, 0) is 17.6 Å². The Hall–Kier alpha value is -1.90. The number of methoxy groups -OCH3 is 1. The third-order valence-electron chi connectivity index (χ3n) is 3.81. The molecular formula is C16H17NO2. The van der Waals surface area contributed by atoms with E-state index in [1.807, 2.05) is 25.1 Å². The molecule has 0 fully saturated rings. The van der Waals surface area contributed by atoms with Gasteiger partial charge < -0.3 is 4.74 Å². The van der Waals surface area contributed by atoms with Crippen molar-refractivity contribution in [2.75, 3.05) is 7.11 Å². The normalized spacial score (nSPS) is 14.2. The van der Waals surface area contributed by atoms with Crippen molar-refractivity contribution in [2.45, 2.75) is 32.6 Å². The van der Waals surface area contributed by atoms with Crippen molar-refractivity contribution in [3.63, 3.8) is 0 Å². The number of esters is 1. The van der Waals surface area contributed by atoms with Gasteiger partial charge in [0.2, 0.25) is 0 Å². The van der Waals surface area contributed by atoms with E-state index in [9.17, 15) is 4.79 Å². The fourth-order valence-electron chi connectivity index (χ4n) is 2.87. The van der Waals surface area contributed by atoms with Gasteiger partial charge in [-0.05, 0) is 50.3 Å². The summed E-state index contributed by atoms with van der Waals surface area (Å²) >= 11 is 0.